The molecule has 0 saturated heterocycles. The number of aryl methyl sites for hydroxylation is 2. The van der Waals surface area contributed by atoms with Crippen molar-refractivity contribution < 1.29 is 5.11 Å². The minimum atomic E-state index is 0.239. The van der Waals surface area contributed by atoms with Gasteiger partial charge in [-0.3, -0.25) is 4.68 Å². The van der Waals surface area contributed by atoms with Gasteiger partial charge in [0.15, 0.2) is 0 Å². The first-order chi connectivity index (χ1) is 5.86. The summed E-state index contributed by atoms with van der Waals surface area (Å²) in [5, 5.41) is 12.9. The van der Waals surface area contributed by atoms with Gasteiger partial charge >= 0.3 is 0 Å². The average molecular weight is 168 g/mol. The van der Waals surface area contributed by atoms with E-state index in [2.05, 4.69) is 12.0 Å². The van der Waals surface area contributed by atoms with Crippen LogP contribution < -0.4 is 0 Å². The van der Waals surface area contributed by atoms with Crippen LogP contribution in [-0.4, -0.2) is 21.5 Å². The molecule has 0 atom stereocenters. The predicted octanol–water partition coefficient (Wildman–Crippen LogP) is 1.22. The lowest BCUT2D eigenvalue weighted by Crippen LogP contribution is -2.01. The van der Waals surface area contributed by atoms with Gasteiger partial charge in [0.25, 0.3) is 0 Å². The molecule has 1 N–H and O–H groups in total. The Kier molecular flexibility index (Phi) is 3.80. The molecule has 0 radical (unpaired) electrons. The molecule has 1 aromatic rings. The third-order valence-corrected chi connectivity index (χ3v) is 1.75. The van der Waals surface area contributed by atoms with E-state index < -0.39 is 0 Å². The third-order valence-electron chi connectivity index (χ3n) is 1.75. The Balaban J connectivity index is 2.41. The molecule has 0 aliphatic carbocycles. The van der Waals surface area contributed by atoms with Crippen molar-refractivity contribution in [3.05, 3.63) is 18.0 Å². The van der Waals surface area contributed by atoms with Crippen LogP contribution in [0.2, 0.25) is 0 Å². The smallest absolute Gasteiger partial charge is 0.0624 e. The van der Waals surface area contributed by atoms with Crippen LogP contribution in [0.3, 0.4) is 0 Å². The second kappa shape index (κ2) is 4.93. The van der Waals surface area contributed by atoms with Crippen molar-refractivity contribution in [1.29, 1.82) is 0 Å². The van der Waals surface area contributed by atoms with Gasteiger partial charge in [0.05, 0.1) is 5.69 Å². The number of aromatic nitrogens is 2. The lowest BCUT2D eigenvalue weighted by molar-refractivity contribution is 0.277. The van der Waals surface area contributed by atoms with Crippen molar-refractivity contribution in [2.45, 2.75) is 32.7 Å². The van der Waals surface area contributed by atoms with E-state index in [0.29, 0.717) is 0 Å². The summed E-state index contributed by atoms with van der Waals surface area (Å²) in [7, 11) is 0. The number of rotatable bonds is 5. The summed E-state index contributed by atoms with van der Waals surface area (Å²) in [6.07, 6.45) is 4.94. The van der Waals surface area contributed by atoms with Crippen molar-refractivity contribution in [2.24, 2.45) is 0 Å². The van der Waals surface area contributed by atoms with Gasteiger partial charge in [0.2, 0.25) is 0 Å². The van der Waals surface area contributed by atoms with Crippen molar-refractivity contribution in [2.75, 3.05) is 6.61 Å². The minimum Gasteiger partial charge on any atom is -0.396 e. The fourth-order valence-electron chi connectivity index (χ4n) is 1.15. The summed E-state index contributed by atoms with van der Waals surface area (Å²) < 4.78 is 1.89. The Bertz CT molecular complexity index is 220. The van der Waals surface area contributed by atoms with E-state index in [9.17, 15) is 0 Å². The molecule has 12 heavy (non-hydrogen) atoms. The largest absolute Gasteiger partial charge is 0.396 e. The highest BCUT2D eigenvalue weighted by Crippen LogP contribution is 1.99. The maximum absolute atomic E-state index is 8.60. The summed E-state index contributed by atoms with van der Waals surface area (Å²) in [5.41, 5.74) is 1.15. The van der Waals surface area contributed by atoms with Gasteiger partial charge in [0.1, 0.15) is 0 Å². The van der Waals surface area contributed by atoms with E-state index in [1.165, 1.54) is 0 Å². The van der Waals surface area contributed by atoms with Gasteiger partial charge in [-0.2, -0.15) is 5.10 Å². The molecular weight excluding hydrogens is 152 g/mol. The summed E-state index contributed by atoms with van der Waals surface area (Å²) in [4.78, 5) is 0. The average Bonchev–Trinajstić information content (AvgIpc) is 2.50. The van der Waals surface area contributed by atoms with Gasteiger partial charge in [-0.1, -0.05) is 13.3 Å². The number of hydrogen-bond acceptors (Lipinski definition) is 2. The standard InChI is InChI=1S/C9H16N2O/c1-2-4-9-5-7-11(10-9)6-3-8-12/h5,7,12H,2-4,6,8H2,1H3. The van der Waals surface area contributed by atoms with Crippen LogP contribution in [0.25, 0.3) is 0 Å². The molecule has 0 aliphatic heterocycles. The number of hydrogen-bond donors (Lipinski definition) is 1. The zero-order valence-electron chi connectivity index (χ0n) is 7.53. The van der Waals surface area contributed by atoms with Crippen LogP contribution in [0.4, 0.5) is 0 Å². The van der Waals surface area contributed by atoms with Gasteiger partial charge in [0, 0.05) is 19.3 Å². The highest BCUT2D eigenvalue weighted by Gasteiger charge is 1.96. The summed E-state index contributed by atoms with van der Waals surface area (Å²) in [6, 6.07) is 2.04. The summed E-state index contributed by atoms with van der Waals surface area (Å²) in [5.74, 6) is 0. The lowest BCUT2D eigenvalue weighted by Gasteiger charge is -1.97. The Morgan fingerprint density at radius 3 is 3.08 bits per heavy atom. The molecule has 3 heteroatoms. The summed E-state index contributed by atoms with van der Waals surface area (Å²) in [6.45, 7) is 3.20. The predicted molar refractivity (Wildman–Crippen MR) is 47.9 cm³/mol. The van der Waals surface area contributed by atoms with Crippen LogP contribution in [0.1, 0.15) is 25.5 Å². The molecule has 0 amide bonds. The third kappa shape index (κ3) is 2.66. The first kappa shape index (κ1) is 9.26. The molecule has 0 unspecified atom stereocenters. The number of nitrogens with zero attached hydrogens (tertiary/aromatic N) is 2. The molecule has 1 aromatic heterocycles. The zero-order chi connectivity index (χ0) is 8.81. The maximum atomic E-state index is 8.60. The van der Waals surface area contributed by atoms with Gasteiger partial charge in [-0.05, 0) is 18.9 Å². The van der Waals surface area contributed by atoms with E-state index in [1.54, 1.807) is 0 Å². The fraction of sp³-hybridized carbons (Fsp3) is 0.667. The second-order valence-electron chi connectivity index (χ2n) is 2.90. The quantitative estimate of drug-likeness (QED) is 0.717. The van der Waals surface area contributed by atoms with Crippen LogP contribution in [0.15, 0.2) is 12.3 Å². The molecule has 0 bridgehead atoms. The molecule has 68 valence electrons. The number of aliphatic hydroxyl groups excluding tert-OH is 1. The van der Waals surface area contributed by atoms with Crippen LogP contribution in [0, 0.1) is 0 Å². The topological polar surface area (TPSA) is 38.0 Å². The van der Waals surface area contributed by atoms with E-state index in [-0.39, 0.29) is 6.61 Å². The molecule has 0 aliphatic rings. The van der Waals surface area contributed by atoms with Crippen LogP contribution in [0.5, 0.6) is 0 Å². The van der Waals surface area contributed by atoms with Crippen molar-refractivity contribution in [1.82, 2.24) is 9.78 Å². The molecule has 1 rings (SSSR count). The van der Waals surface area contributed by atoms with Gasteiger partial charge < -0.3 is 5.11 Å². The Morgan fingerprint density at radius 2 is 2.42 bits per heavy atom. The maximum Gasteiger partial charge on any atom is 0.0624 e. The Morgan fingerprint density at radius 1 is 1.58 bits per heavy atom. The number of aliphatic hydroxyl groups is 1. The molecule has 0 spiro atoms. The molecule has 1 heterocycles. The fourth-order valence-corrected chi connectivity index (χ4v) is 1.15. The summed E-state index contributed by atoms with van der Waals surface area (Å²) >= 11 is 0. The lowest BCUT2D eigenvalue weighted by atomic mass is 10.3. The molecule has 0 saturated carbocycles. The van der Waals surface area contributed by atoms with Crippen LogP contribution >= 0.6 is 0 Å². The first-order valence-electron chi connectivity index (χ1n) is 4.50. The zero-order valence-corrected chi connectivity index (χ0v) is 7.53. The highest BCUT2D eigenvalue weighted by molar-refractivity contribution is 4.98. The SMILES string of the molecule is CCCc1ccn(CCCO)n1. The van der Waals surface area contributed by atoms with E-state index in [4.69, 9.17) is 5.11 Å². The minimum absolute atomic E-state index is 0.239. The monoisotopic (exact) mass is 168 g/mol. The van der Waals surface area contributed by atoms with E-state index in [1.807, 2.05) is 16.9 Å². The molecule has 3 nitrogen and oxygen atoms in total. The normalized spacial score (nSPS) is 10.5. The Hall–Kier alpha value is -0.830. The van der Waals surface area contributed by atoms with Crippen molar-refractivity contribution >= 4 is 0 Å². The first-order valence-corrected chi connectivity index (χ1v) is 4.50. The van der Waals surface area contributed by atoms with Crippen molar-refractivity contribution in [3.63, 3.8) is 0 Å². The van der Waals surface area contributed by atoms with Gasteiger partial charge in [-0.15, -0.1) is 0 Å². The Labute approximate surface area is 73.0 Å². The highest BCUT2D eigenvalue weighted by atomic mass is 16.3. The second-order valence-corrected chi connectivity index (χ2v) is 2.90. The van der Waals surface area contributed by atoms with Crippen molar-refractivity contribution in [3.8, 4) is 0 Å². The van der Waals surface area contributed by atoms with Crippen LogP contribution in [-0.2, 0) is 13.0 Å². The van der Waals surface area contributed by atoms with E-state index >= 15 is 0 Å². The molecule has 0 aromatic carbocycles. The van der Waals surface area contributed by atoms with E-state index in [0.717, 1.165) is 31.5 Å². The molecular formula is C9H16N2O. The molecule has 0 fully saturated rings. The van der Waals surface area contributed by atoms with Gasteiger partial charge in [-0.25, -0.2) is 0 Å².